The van der Waals surface area contributed by atoms with Crippen LogP contribution in [0.4, 0.5) is 10.5 Å². The molecule has 2 aromatic carbocycles. The number of esters is 2. The van der Waals surface area contributed by atoms with Crippen LogP contribution in [0.3, 0.4) is 0 Å². The van der Waals surface area contributed by atoms with E-state index in [0.29, 0.717) is 21.9 Å². The van der Waals surface area contributed by atoms with Gasteiger partial charge in [0.05, 0.1) is 12.2 Å². The molecule has 254 valence electrons. The maximum atomic E-state index is 13.7. The van der Waals surface area contributed by atoms with Crippen LogP contribution in [0.15, 0.2) is 54.6 Å². The Morgan fingerprint density at radius 2 is 1.51 bits per heavy atom. The van der Waals surface area contributed by atoms with E-state index in [4.69, 9.17) is 21.1 Å². The summed E-state index contributed by atoms with van der Waals surface area (Å²) >= 11 is 6.91. The SMILES string of the molecule is CCCCCCCCCCCCOC(=O)C(C)OC(=O)c1cccc(C(Cl)(C(=O)Nc2ccccc2)N2C(=O)CN(C(C)=O)C2=O)c1. The normalized spacial score (nSPS) is 14.8. The second kappa shape index (κ2) is 18.2. The Labute approximate surface area is 280 Å². The van der Waals surface area contributed by atoms with Gasteiger partial charge < -0.3 is 14.8 Å². The molecule has 1 heterocycles. The molecule has 0 saturated carbocycles. The highest BCUT2D eigenvalue weighted by Crippen LogP contribution is 2.38. The third-order valence-electron chi connectivity index (χ3n) is 7.82. The van der Waals surface area contributed by atoms with Crippen molar-refractivity contribution in [3.63, 3.8) is 0 Å². The van der Waals surface area contributed by atoms with Crippen molar-refractivity contribution >= 4 is 53.0 Å². The number of para-hydroxylation sites is 1. The number of urea groups is 1. The highest BCUT2D eigenvalue weighted by Gasteiger charge is 2.55. The van der Waals surface area contributed by atoms with Gasteiger partial charge in [-0.2, -0.15) is 0 Å². The molecule has 0 spiro atoms. The van der Waals surface area contributed by atoms with E-state index in [-0.39, 0.29) is 17.7 Å². The molecular weight excluding hydrogens is 626 g/mol. The fraction of sp³-hybridized carbons (Fsp3) is 0.486. The van der Waals surface area contributed by atoms with Crippen molar-refractivity contribution in [3.8, 4) is 0 Å². The van der Waals surface area contributed by atoms with Crippen molar-refractivity contribution in [1.29, 1.82) is 0 Å². The number of anilines is 1. The summed E-state index contributed by atoms with van der Waals surface area (Å²) in [5.41, 5.74) is 0.105. The Morgan fingerprint density at radius 1 is 0.894 bits per heavy atom. The highest BCUT2D eigenvalue weighted by molar-refractivity contribution is 6.39. The largest absolute Gasteiger partial charge is 0.463 e. The van der Waals surface area contributed by atoms with Gasteiger partial charge in [0.15, 0.2) is 6.10 Å². The number of carbonyl (C=O) groups excluding carboxylic acids is 6. The zero-order valence-electron chi connectivity index (χ0n) is 27.3. The van der Waals surface area contributed by atoms with E-state index in [1.54, 1.807) is 30.3 Å². The van der Waals surface area contributed by atoms with Gasteiger partial charge in [0.1, 0.15) is 6.54 Å². The van der Waals surface area contributed by atoms with Gasteiger partial charge >= 0.3 is 18.0 Å². The van der Waals surface area contributed by atoms with Crippen LogP contribution in [0.25, 0.3) is 0 Å². The maximum Gasteiger partial charge on any atom is 0.347 e. The van der Waals surface area contributed by atoms with Gasteiger partial charge in [0, 0.05) is 18.2 Å². The molecule has 0 aromatic heterocycles. The zero-order chi connectivity index (χ0) is 34.4. The summed E-state index contributed by atoms with van der Waals surface area (Å²) < 4.78 is 10.6. The Kier molecular flexibility index (Phi) is 14.4. The minimum absolute atomic E-state index is 0.100. The third-order valence-corrected chi connectivity index (χ3v) is 8.38. The molecule has 3 rings (SSSR count). The summed E-state index contributed by atoms with van der Waals surface area (Å²) in [5, 5.41) is 2.59. The van der Waals surface area contributed by atoms with Gasteiger partial charge in [-0.3, -0.25) is 19.3 Å². The van der Waals surface area contributed by atoms with E-state index in [2.05, 4.69) is 12.2 Å². The molecule has 47 heavy (non-hydrogen) atoms. The molecular formula is C35H44ClN3O8. The first kappa shape index (κ1) is 37.2. The van der Waals surface area contributed by atoms with E-state index < -0.39 is 53.3 Å². The first-order valence-corrected chi connectivity index (χ1v) is 16.6. The Balaban J connectivity index is 1.65. The lowest BCUT2D eigenvalue weighted by molar-refractivity contribution is -0.153. The number of hydrogen-bond acceptors (Lipinski definition) is 8. The summed E-state index contributed by atoms with van der Waals surface area (Å²) in [6, 6.07) is 12.4. The molecule has 0 bridgehead atoms. The number of alkyl halides is 1. The minimum Gasteiger partial charge on any atom is -0.463 e. The summed E-state index contributed by atoms with van der Waals surface area (Å²) in [7, 11) is 0. The van der Waals surface area contributed by atoms with E-state index >= 15 is 0 Å². The number of nitrogens with one attached hydrogen (secondary N) is 1. The smallest absolute Gasteiger partial charge is 0.347 e. The van der Waals surface area contributed by atoms with Crippen molar-refractivity contribution in [3.05, 3.63) is 65.7 Å². The molecule has 1 N–H and O–H groups in total. The van der Waals surface area contributed by atoms with Crippen molar-refractivity contribution in [2.24, 2.45) is 0 Å². The average Bonchev–Trinajstić information content (AvgIpc) is 3.37. The van der Waals surface area contributed by atoms with Gasteiger partial charge in [-0.1, -0.05) is 107 Å². The zero-order valence-corrected chi connectivity index (χ0v) is 28.1. The lowest BCUT2D eigenvalue weighted by Crippen LogP contribution is -2.54. The van der Waals surface area contributed by atoms with E-state index in [1.165, 1.54) is 69.7 Å². The summed E-state index contributed by atoms with van der Waals surface area (Å²) in [6.07, 6.45) is 10.2. The number of amides is 5. The molecule has 1 saturated heterocycles. The van der Waals surface area contributed by atoms with E-state index in [0.717, 1.165) is 26.2 Å². The standard InChI is InChI=1S/C35H44ClN3O8/c1-4-5-6-7-8-9-10-11-12-16-22-46-31(42)25(2)47-32(43)27-18-17-19-28(23-27)35(36,33(44)37-29-20-14-13-15-21-29)39-30(41)24-38(26(3)40)34(39)45/h13-15,17-21,23,25H,4-12,16,22,24H2,1-3H3,(H,37,44). The number of benzene rings is 2. The fourth-order valence-corrected chi connectivity index (χ4v) is 5.49. The number of unbranched alkanes of at least 4 members (excludes halogenated alkanes) is 9. The predicted molar refractivity (Wildman–Crippen MR) is 176 cm³/mol. The van der Waals surface area contributed by atoms with Gasteiger partial charge in [-0.15, -0.1) is 0 Å². The Bertz CT molecular complexity index is 1420. The van der Waals surface area contributed by atoms with Crippen LogP contribution in [-0.4, -0.2) is 64.7 Å². The first-order chi connectivity index (χ1) is 22.5. The van der Waals surface area contributed by atoms with E-state index in [1.807, 2.05) is 0 Å². The van der Waals surface area contributed by atoms with Crippen LogP contribution in [0.2, 0.25) is 0 Å². The van der Waals surface area contributed by atoms with Gasteiger partial charge in [0.25, 0.3) is 11.8 Å². The molecule has 1 aliphatic rings. The molecule has 1 aliphatic heterocycles. The number of nitrogens with zero attached hydrogens (tertiary/aromatic N) is 2. The predicted octanol–water partition coefficient (Wildman–Crippen LogP) is 6.54. The molecule has 11 nitrogen and oxygen atoms in total. The van der Waals surface area contributed by atoms with Gasteiger partial charge in [-0.05, 0) is 37.6 Å². The lowest BCUT2D eigenvalue weighted by atomic mass is 10.0. The second-order valence-electron chi connectivity index (χ2n) is 11.5. The number of hydrogen-bond donors (Lipinski definition) is 1. The lowest BCUT2D eigenvalue weighted by Gasteiger charge is -2.33. The molecule has 1 fully saturated rings. The summed E-state index contributed by atoms with van der Waals surface area (Å²) in [5.74, 6) is -4.19. The van der Waals surface area contributed by atoms with Crippen LogP contribution >= 0.6 is 11.6 Å². The van der Waals surface area contributed by atoms with Crippen molar-refractivity contribution in [2.45, 2.75) is 96.1 Å². The molecule has 0 radical (unpaired) electrons. The highest BCUT2D eigenvalue weighted by atomic mass is 35.5. The molecule has 5 amide bonds. The minimum atomic E-state index is -2.50. The monoisotopic (exact) mass is 669 g/mol. The number of ether oxygens (including phenoxy) is 2. The van der Waals surface area contributed by atoms with Crippen LogP contribution in [0.5, 0.6) is 0 Å². The Morgan fingerprint density at radius 3 is 2.11 bits per heavy atom. The molecule has 2 unspecified atom stereocenters. The quantitative estimate of drug-likeness (QED) is 0.0621. The second-order valence-corrected chi connectivity index (χ2v) is 12.1. The van der Waals surface area contributed by atoms with Gasteiger partial charge in [0.2, 0.25) is 10.9 Å². The van der Waals surface area contributed by atoms with Crippen LogP contribution in [-0.2, 0) is 33.6 Å². The molecule has 12 heteroatoms. The van der Waals surface area contributed by atoms with Crippen LogP contribution < -0.4 is 5.32 Å². The molecule has 2 atom stereocenters. The van der Waals surface area contributed by atoms with Crippen molar-refractivity contribution in [2.75, 3.05) is 18.5 Å². The summed E-state index contributed by atoms with van der Waals surface area (Å²) in [4.78, 5) is 76.2. The maximum absolute atomic E-state index is 13.7. The third kappa shape index (κ3) is 10.1. The molecule has 2 aromatic rings. The number of halogens is 1. The Hall–Kier alpha value is -4.25. The summed E-state index contributed by atoms with van der Waals surface area (Å²) in [6.45, 7) is 4.30. The van der Waals surface area contributed by atoms with Crippen LogP contribution in [0, 0.1) is 0 Å². The van der Waals surface area contributed by atoms with Crippen LogP contribution in [0.1, 0.15) is 101 Å². The number of carbonyl (C=O) groups is 6. The number of imide groups is 2. The fourth-order valence-electron chi connectivity index (χ4n) is 5.16. The molecule has 0 aliphatic carbocycles. The van der Waals surface area contributed by atoms with Crippen molar-refractivity contribution < 1.29 is 38.2 Å². The first-order valence-electron chi connectivity index (χ1n) is 16.2. The average molecular weight is 670 g/mol. The van der Waals surface area contributed by atoms with Gasteiger partial charge in [-0.25, -0.2) is 19.3 Å². The number of rotatable bonds is 18. The topological polar surface area (TPSA) is 139 Å². The van der Waals surface area contributed by atoms with Crippen molar-refractivity contribution in [1.82, 2.24) is 9.80 Å². The van der Waals surface area contributed by atoms with E-state index in [9.17, 15) is 28.8 Å².